The van der Waals surface area contributed by atoms with Gasteiger partial charge in [-0.3, -0.25) is 0 Å². The fraction of sp³-hybridized carbons (Fsp3) is 0.333. The molecular formula is C15H16ClN3S. The van der Waals surface area contributed by atoms with Gasteiger partial charge in [-0.15, -0.1) is 22.9 Å². The Hall–Kier alpha value is -1.39. The summed E-state index contributed by atoms with van der Waals surface area (Å²) in [5.74, 6) is 0.876. The lowest BCUT2D eigenvalue weighted by atomic mass is 10.2. The predicted octanol–water partition coefficient (Wildman–Crippen LogP) is 4.71. The Kier molecular flexibility index (Phi) is 3.52. The first-order valence-electron chi connectivity index (χ1n) is 6.61. The van der Waals surface area contributed by atoms with Crippen LogP contribution in [-0.4, -0.2) is 14.5 Å². The minimum atomic E-state index is -0.146. The van der Waals surface area contributed by atoms with Gasteiger partial charge in [0, 0.05) is 10.6 Å². The molecule has 0 saturated carbocycles. The van der Waals surface area contributed by atoms with Gasteiger partial charge in [0.05, 0.1) is 11.4 Å². The summed E-state index contributed by atoms with van der Waals surface area (Å²) in [6.07, 6.45) is 0. The highest BCUT2D eigenvalue weighted by Crippen LogP contribution is 2.31. The maximum atomic E-state index is 6.32. The van der Waals surface area contributed by atoms with Crippen LogP contribution in [0.1, 0.15) is 41.7 Å². The van der Waals surface area contributed by atoms with Gasteiger partial charge in [0.25, 0.3) is 0 Å². The van der Waals surface area contributed by atoms with Gasteiger partial charge in [0.15, 0.2) is 5.65 Å². The van der Waals surface area contributed by atoms with Crippen molar-refractivity contribution in [1.82, 2.24) is 14.5 Å². The second kappa shape index (κ2) is 5.19. The van der Waals surface area contributed by atoms with Crippen molar-refractivity contribution in [2.75, 3.05) is 0 Å². The van der Waals surface area contributed by atoms with Gasteiger partial charge in [-0.1, -0.05) is 6.07 Å². The van der Waals surface area contributed by atoms with Crippen LogP contribution in [0.2, 0.25) is 0 Å². The average Bonchev–Trinajstić information content (AvgIpc) is 3.04. The predicted molar refractivity (Wildman–Crippen MR) is 84.7 cm³/mol. The summed E-state index contributed by atoms with van der Waals surface area (Å²) in [5.41, 5.74) is 2.81. The van der Waals surface area contributed by atoms with Gasteiger partial charge < -0.3 is 4.57 Å². The molecule has 20 heavy (non-hydrogen) atoms. The Labute approximate surface area is 127 Å². The van der Waals surface area contributed by atoms with Gasteiger partial charge in [-0.05, 0) is 44.4 Å². The number of alkyl halides is 1. The fourth-order valence-corrected chi connectivity index (χ4v) is 3.33. The average molecular weight is 306 g/mol. The Balaban J connectivity index is 2.25. The van der Waals surface area contributed by atoms with E-state index in [9.17, 15) is 0 Å². The smallest absolute Gasteiger partial charge is 0.160 e. The molecule has 0 saturated heterocycles. The lowest BCUT2D eigenvalue weighted by Crippen LogP contribution is -2.11. The van der Waals surface area contributed by atoms with Crippen molar-refractivity contribution in [2.45, 2.75) is 32.2 Å². The molecule has 3 rings (SSSR count). The number of imidazole rings is 1. The first kappa shape index (κ1) is 13.6. The van der Waals surface area contributed by atoms with Gasteiger partial charge in [0.1, 0.15) is 11.3 Å². The summed E-state index contributed by atoms with van der Waals surface area (Å²) in [6.45, 7) is 6.11. The molecule has 2 atom stereocenters. The van der Waals surface area contributed by atoms with E-state index in [1.54, 1.807) is 11.3 Å². The quantitative estimate of drug-likeness (QED) is 0.656. The van der Waals surface area contributed by atoms with Gasteiger partial charge >= 0.3 is 0 Å². The highest BCUT2D eigenvalue weighted by molar-refractivity contribution is 7.10. The fourth-order valence-electron chi connectivity index (χ4n) is 2.40. The molecule has 0 aliphatic carbocycles. The highest BCUT2D eigenvalue weighted by atomic mass is 35.5. The normalized spacial score (nSPS) is 14.6. The number of thiophene rings is 1. The zero-order chi connectivity index (χ0) is 14.3. The van der Waals surface area contributed by atoms with Crippen molar-refractivity contribution in [1.29, 1.82) is 0 Å². The van der Waals surface area contributed by atoms with E-state index in [4.69, 9.17) is 11.6 Å². The standard InChI is InChI=1S/C15H16ClN3S/c1-9-6-7-12-15(17-9)19(14(18-12)10(2)16)11(3)13-5-4-8-20-13/h4-8,10-11H,1-3H3. The lowest BCUT2D eigenvalue weighted by Gasteiger charge is -2.17. The van der Waals surface area contributed by atoms with E-state index in [0.29, 0.717) is 0 Å². The van der Waals surface area contributed by atoms with Crippen molar-refractivity contribution < 1.29 is 0 Å². The van der Waals surface area contributed by atoms with E-state index in [1.165, 1.54) is 4.88 Å². The van der Waals surface area contributed by atoms with E-state index >= 15 is 0 Å². The number of aryl methyl sites for hydroxylation is 1. The van der Waals surface area contributed by atoms with Crippen LogP contribution in [0.3, 0.4) is 0 Å². The van der Waals surface area contributed by atoms with E-state index in [-0.39, 0.29) is 11.4 Å². The largest absolute Gasteiger partial charge is 0.303 e. The second-order valence-electron chi connectivity index (χ2n) is 4.94. The molecule has 0 spiro atoms. The molecule has 5 heteroatoms. The lowest BCUT2D eigenvalue weighted by molar-refractivity contribution is 0.622. The van der Waals surface area contributed by atoms with Crippen LogP contribution in [-0.2, 0) is 0 Å². The maximum absolute atomic E-state index is 6.32. The molecule has 3 heterocycles. The first-order valence-corrected chi connectivity index (χ1v) is 7.92. The number of rotatable bonds is 3. The van der Waals surface area contributed by atoms with Crippen molar-refractivity contribution in [3.8, 4) is 0 Å². The monoisotopic (exact) mass is 305 g/mol. The zero-order valence-electron chi connectivity index (χ0n) is 11.7. The van der Waals surface area contributed by atoms with Gasteiger partial charge in [-0.2, -0.15) is 0 Å². The molecule has 0 aliphatic rings. The van der Waals surface area contributed by atoms with Crippen LogP contribution in [0.4, 0.5) is 0 Å². The van der Waals surface area contributed by atoms with Gasteiger partial charge in [-0.25, -0.2) is 9.97 Å². The van der Waals surface area contributed by atoms with E-state index in [1.807, 2.05) is 26.0 Å². The minimum absolute atomic E-state index is 0.146. The van der Waals surface area contributed by atoms with Gasteiger partial charge in [0.2, 0.25) is 0 Å². The number of hydrogen-bond acceptors (Lipinski definition) is 3. The van der Waals surface area contributed by atoms with Crippen LogP contribution < -0.4 is 0 Å². The summed E-state index contributed by atoms with van der Waals surface area (Å²) in [4.78, 5) is 10.6. The van der Waals surface area contributed by atoms with Crippen molar-refractivity contribution in [3.63, 3.8) is 0 Å². The Morgan fingerprint density at radius 2 is 2.00 bits per heavy atom. The van der Waals surface area contributed by atoms with Crippen LogP contribution in [0.15, 0.2) is 29.6 Å². The number of hydrogen-bond donors (Lipinski definition) is 0. The summed E-state index contributed by atoms with van der Waals surface area (Å²) in [7, 11) is 0. The number of nitrogens with zero attached hydrogens (tertiary/aromatic N) is 3. The molecule has 0 amide bonds. The third-order valence-electron chi connectivity index (χ3n) is 3.40. The molecule has 3 aromatic rings. The molecule has 0 N–H and O–H groups in total. The summed E-state index contributed by atoms with van der Waals surface area (Å²) in [6, 6.07) is 8.39. The molecular weight excluding hydrogens is 290 g/mol. The summed E-state index contributed by atoms with van der Waals surface area (Å²) in [5, 5.41) is 1.94. The molecule has 3 nitrogen and oxygen atoms in total. The highest BCUT2D eigenvalue weighted by Gasteiger charge is 2.21. The second-order valence-corrected chi connectivity index (χ2v) is 6.58. The summed E-state index contributed by atoms with van der Waals surface area (Å²) >= 11 is 8.06. The number of halogens is 1. The minimum Gasteiger partial charge on any atom is -0.303 e. The van der Waals surface area contributed by atoms with Crippen LogP contribution in [0.25, 0.3) is 11.2 Å². The SMILES string of the molecule is Cc1ccc2nc(C(C)Cl)n(C(C)c3cccs3)c2n1. The van der Waals surface area contributed by atoms with Crippen LogP contribution in [0.5, 0.6) is 0 Å². The van der Waals surface area contributed by atoms with Crippen molar-refractivity contribution in [2.24, 2.45) is 0 Å². The number of fused-ring (bicyclic) bond motifs is 1. The Morgan fingerprint density at radius 3 is 2.65 bits per heavy atom. The molecule has 0 bridgehead atoms. The molecule has 0 aliphatic heterocycles. The van der Waals surface area contributed by atoms with E-state index < -0.39 is 0 Å². The molecule has 0 radical (unpaired) electrons. The van der Waals surface area contributed by atoms with Crippen LogP contribution in [0, 0.1) is 6.92 Å². The Bertz CT molecular complexity index is 731. The van der Waals surface area contributed by atoms with Crippen molar-refractivity contribution in [3.05, 3.63) is 46.0 Å². The summed E-state index contributed by atoms with van der Waals surface area (Å²) < 4.78 is 2.16. The molecule has 104 valence electrons. The van der Waals surface area contributed by atoms with E-state index in [2.05, 4.69) is 39.0 Å². The third kappa shape index (κ3) is 2.23. The number of aromatic nitrogens is 3. The maximum Gasteiger partial charge on any atom is 0.160 e. The zero-order valence-corrected chi connectivity index (χ0v) is 13.2. The third-order valence-corrected chi connectivity index (χ3v) is 4.64. The molecule has 0 aromatic carbocycles. The Morgan fingerprint density at radius 1 is 1.20 bits per heavy atom. The number of pyridine rings is 1. The topological polar surface area (TPSA) is 30.7 Å². The van der Waals surface area contributed by atoms with E-state index in [0.717, 1.165) is 22.7 Å². The molecule has 3 aromatic heterocycles. The first-order chi connectivity index (χ1) is 9.58. The molecule has 2 unspecified atom stereocenters. The molecule has 0 fully saturated rings. The van der Waals surface area contributed by atoms with Crippen molar-refractivity contribution >= 4 is 34.1 Å². The van der Waals surface area contributed by atoms with Crippen LogP contribution >= 0.6 is 22.9 Å².